The minimum atomic E-state index is 0.0596. The highest BCUT2D eigenvalue weighted by atomic mass is 16.1. The zero-order valence-corrected chi connectivity index (χ0v) is 11.8. The number of amides is 1. The van der Waals surface area contributed by atoms with Gasteiger partial charge in [-0.1, -0.05) is 18.2 Å². The summed E-state index contributed by atoms with van der Waals surface area (Å²) < 4.78 is 0. The Morgan fingerprint density at radius 1 is 1.38 bits per heavy atom. The van der Waals surface area contributed by atoms with Gasteiger partial charge in [-0.15, -0.1) is 0 Å². The van der Waals surface area contributed by atoms with Crippen molar-refractivity contribution in [3.63, 3.8) is 0 Å². The minimum absolute atomic E-state index is 0.0596. The van der Waals surface area contributed by atoms with Gasteiger partial charge in [-0.2, -0.15) is 5.10 Å². The first-order valence-electron chi connectivity index (χ1n) is 7.24. The Balaban J connectivity index is 1.43. The Kier molecular flexibility index (Phi) is 4.25. The zero-order chi connectivity index (χ0) is 14.5. The third-order valence-electron chi connectivity index (χ3n) is 3.81. The number of para-hydroxylation sites is 1. The average molecular weight is 285 g/mol. The second-order valence-electron chi connectivity index (χ2n) is 5.32. The Hall–Kier alpha value is -2.21. The Morgan fingerprint density at radius 3 is 3.00 bits per heavy atom. The van der Waals surface area contributed by atoms with E-state index in [1.54, 1.807) is 6.33 Å². The number of hydrogen-bond acceptors (Lipinski definition) is 4. The second kappa shape index (κ2) is 6.49. The molecule has 110 valence electrons. The van der Waals surface area contributed by atoms with E-state index in [0.717, 1.165) is 37.6 Å². The van der Waals surface area contributed by atoms with E-state index in [1.165, 1.54) is 0 Å². The van der Waals surface area contributed by atoms with Crippen molar-refractivity contribution >= 4 is 11.6 Å². The molecule has 2 N–H and O–H groups in total. The molecule has 6 heteroatoms. The van der Waals surface area contributed by atoms with Gasteiger partial charge >= 0.3 is 0 Å². The molecule has 1 aromatic heterocycles. The van der Waals surface area contributed by atoms with Crippen molar-refractivity contribution in [2.75, 3.05) is 25.0 Å². The first-order chi connectivity index (χ1) is 10.3. The van der Waals surface area contributed by atoms with Crippen molar-refractivity contribution in [1.82, 2.24) is 20.1 Å². The van der Waals surface area contributed by atoms with Gasteiger partial charge in [-0.05, 0) is 25.1 Å². The van der Waals surface area contributed by atoms with Crippen LogP contribution in [-0.2, 0) is 4.79 Å². The number of likely N-dealkylation sites (tertiary alicyclic amines) is 1. The van der Waals surface area contributed by atoms with E-state index in [1.807, 2.05) is 30.3 Å². The molecule has 1 fully saturated rings. The molecule has 2 aromatic rings. The SMILES string of the molecule is O=C(CCN1CC[C@H](c2ncn[nH]2)C1)Nc1ccccc1. The zero-order valence-electron chi connectivity index (χ0n) is 11.8. The molecule has 3 rings (SSSR count). The molecule has 1 aromatic carbocycles. The van der Waals surface area contributed by atoms with Crippen LogP contribution in [0.15, 0.2) is 36.7 Å². The molecule has 0 unspecified atom stereocenters. The summed E-state index contributed by atoms with van der Waals surface area (Å²) in [5.74, 6) is 1.42. The van der Waals surface area contributed by atoms with Crippen LogP contribution in [-0.4, -0.2) is 45.6 Å². The monoisotopic (exact) mass is 285 g/mol. The molecule has 0 aliphatic carbocycles. The fourth-order valence-corrected chi connectivity index (χ4v) is 2.68. The molecular weight excluding hydrogens is 266 g/mol. The lowest BCUT2D eigenvalue weighted by Crippen LogP contribution is -2.25. The van der Waals surface area contributed by atoms with E-state index in [9.17, 15) is 4.79 Å². The lowest BCUT2D eigenvalue weighted by Gasteiger charge is -2.15. The molecule has 0 bridgehead atoms. The van der Waals surface area contributed by atoms with E-state index >= 15 is 0 Å². The molecule has 0 spiro atoms. The topological polar surface area (TPSA) is 73.9 Å². The number of anilines is 1. The number of rotatable bonds is 5. The van der Waals surface area contributed by atoms with Crippen LogP contribution in [0, 0.1) is 0 Å². The maximum atomic E-state index is 11.9. The highest BCUT2D eigenvalue weighted by Gasteiger charge is 2.25. The van der Waals surface area contributed by atoms with Crippen molar-refractivity contribution in [3.8, 4) is 0 Å². The molecule has 21 heavy (non-hydrogen) atoms. The summed E-state index contributed by atoms with van der Waals surface area (Å²) in [5.41, 5.74) is 0.850. The molecule has 1 aliphatic heterocycles. The number of carbonyl (C=O) groups is 1. The molecule has 1 saturated heterocycles. The molecule has 1 atom stereocenters. The molecule has 6 nitrogen and oxygen atoms in total. The molecular formula is C15H19N5O. The molecule has 1 amide bonds. The number of aromatic amines is 1. The number of nitrogens with one attached hydrogen (secondary N) is 2. The molecule has 0 saturated carbocycles. The third-order valence-corrected chi connectivity index (χ3v) is 3.81. The Morgan fingerprint density at radius 2 is 2.24 bits per heavy atom. The van der Waals surface area contributed by atoms with Crippen LogP contribution in [0.1, 0.15) is 24.6 Å². The van der Waals surface area contributed by atoms with Gasteiger partial charge in [-0.3, -0.25) is 9.89 Å². The maximum Gasteiger partial charge on any atom is 0.225 e. The summed E-state index contributed by atoms with van der Waals surface area (Å²) in [4.78, 5) is 18.4. The van der Waals surface area contributed by atoms with Crippen molar-refractivity contribution in [2.45, 2.75) is 18.8 Å². The molecule has 1 aliphatic rings. The van der Waals surface area contributed by atoms with Crippen molar-refractivity contribution in [1.29, 1.82) is 0 Å². The van der Waals surface area contributed by atoms with Gasteiger partial charge in [0.25, 0.3) is 0 Å². The lowest BCUT2D eigenvalue weighted by molar-refractivity contribution is -0.116. The highest BCUT2D eigenvalue weighted by molar-refractivity contribution is 5.90. The molecule has 0 radical (unpaired) electrons. The van der Waals surface area contributed by atoms with Crippen LogP contribution >= 0.6 is 0 Å². The van der Waals surface area contributed by atoms with Gasteiger partial charge in [0.2, 0.25) is 5.91 Å². The predicted octanol–water partition coefficient (Wildman–Crippen LogP) is 1.62. The minimum Gasteiger partial charge on any atom is -0.326 e. The Labute approximate surface area is 123 Å². The van der Waals surface area contributed by atoms with Crippen LogP contribution < -0.4 is 5.32 Å². The summed E-state index contributed by atoms with van der Waals surface area (Å²) >= 11 is 0. The third kappa shape index (κ3) is 3.66. The van der Waals surface area contributed by atoms with Gasteiger partial charge in [0.1, 0.15) is 12.2 Å². The van der Waals surface area contributed by atoms with Crippen LogP contribution in [0.5, 0.6) is 0 Å². The summed E-state index contributed by atoms with van der Waals surface area (Å²) in [6.45, 7) is 2.72. The van der Waals surface area contributed by atoms with Crippen LogP contribution in [0.25, 0.3) is 0 Å². The average Bonchev–Trinajstić information content (AvgIpc) is 3.17. The summed E-state index contributed by atoms with van der Waals surface area (Å²) in [5, 5.41) is 9.73. The van der Waals surface area contributed by atoms with E-state index in [2.05, 4.69) is 25.4 Å². The van der Waals surface area contributed by atoms with Gasteiger partial charge in [0.15, 0.2) is 0 Å². The van der Waals surface area contributed by atoms with Gasteiger partial charge in [0.05, 0.1) is 0 Å². The summed E-state index contributed by atoms with van der Waals surface area (Å²) in [6, 6.07) is 9.56. The number of aromatic nitrogens is 3. The van der Waals surface area contributed by atoms with E-state index in [4.69, 9.17) is 0 Å². The largest absolute Gasteiger partial charge is 0.326 e. The fourth-order valence-electron chi connectivity index (χ4n) is 2.68. The molecule has 2 heterocycles. The van der Waals surface area contributed by atoms with Crippen molar-refractivity contribution in [3.05, 3.63) is 42.5 Å². The maximum absolute atomic E-state index is 11.9. The van der Waals surface area contributed by atoms with Crippen LogP contribution in [0.2, 0.25) is 0 Å². The van der Waals surface area contributed by atoms with Crippen molar-refractivity contribution in [2.24, 2.45) is 0 Å². The van der Waals surface area contributed by atoms with Crippen LogP contribution in [0.4, 0.5) is 5.69 Å². The standard InChI is InChI=1S/C15H19N5O/c21-14(18-13-4-2-1-3-5-13)7-9-20-8-6-12(10-20)15-16-11-17-19-15/h1-5,11-12H,6-10H2,(H,18,21)(H,16,17,19)/t12-/m0/s1. The highest BCUT2D eigenvalue weighted by Crippen LogP contribution is 2.23. The summed E-state index contributed by atoms with van der Waals surface area (Å²) in [7, 11) is 0. The normalized spacial score (nSPS) is 18.8. The number of hydrogen-bond donors (Lipinski definition) is 2. The van der Waals surface area contributed by atoms with Gasteiger partial charge in [0, 0.05) is 31.1 Å². The predicted molar refractivity (Wildman–Crippen MR) is 79.9 cm³/mol. The van der Waals surface area contributed by atoms with Gasteiger partial charge in [-0.25, -0.2) is 4.98 Å². The van der Waals surface area contributed by atoms with Gasteiger partial charge < -0.3 is 10.2 Å². The van der Waals surface area contributed by atoms with E-state index < -0.39 is 0 Å². The first kappa shape index (κ1) is 13.8. The summed E-state index contributed by atoms with van der Waals surface area (Å²) in [6.07, 6.45) is 3.12. The second-order valence-corrected chi connectivity index (χ2v) is 5.32. The van der Waals surface area contributed by atoms with E-state index in [-0.39, 0.29) is 5.91 Å². The Bertz CT molecular complexity index is 569. The van der Waals surface area contributed by atoms with Crippen LogP contribution in [0.3, 0.4) is 0 Å². The number of carbonyl (C=O) groups excluding carboxylic acids is 1. The smallest absolute Gasteiger partial charge is 0.225 e. The quantitative estimate of drug-likeness (QED) is 0.875. The van der Waals surface area contributed by atoms with Crippen molar-refractivity contribution < 1.29 is 4.79 Å². The number of benzene rings is 1. The number of nitrogens with zero attached hydrogens (tertiary/aromatic N) is 3. The fraction of sp³-hybridized carbons (Fsp3) is 0.400. The van der Waals surface area contributed by atoms with E-state index in [0.29, 0.717) is 12.3 Å². The number of H-pyrrole nitrogens is 1. The lowest BCUT2D eigenvalue weighted by atomic mass is 10.1. The first-order valence-corrected chi connectivity index (χ1v) is 7.24.